The first-order valence-corrected chi connectivity index (χ1v) is 7.67. The van der Waals surface area contributed by atoms with Gasteiger partial charge >= 0.3 is 0 Å². The fourth-order valence-electron chi connectivity index (χ4n) is 3.56. The van der Waals surface area contributed by atoms with Gasteiger partial charge in [-0.3, -0.25) is 0 Å². The van der Waals surface area contributed by atoms with Crippen molar-refractivity contribution < 1.29 is 0 Å². The minimum Gasteiger partial charge on any atom is -0.352 e. The SMILES string of the molecule is Cc1cc(C#N)cc(N2CCCCC2C2CCCN2)n1. The Hall–Kier alpha value is -1.60. The third kappa shape index (κ3) is 2.64. The summed E-state index contributed by atoms with van der Waals surface area (Å²) in [6.07, 6.45) is 6.30. The van der Waals surface area contributed by atoms with Gasteiger partial charge in [-0.15, -0.1) is 0 Å². The average molecular weight is 270 g/mol. The third-order valence-corrected chi connectivity index (χ3v) is 4.48. The molecule has 1 N–H and O–H groups in total. The van der Waals surface area contributed by atoms with Crippen LogP contribution in [0, 0.1) is 18.3 Å². The highest BCUT2D eigenvalue weighted by Gasteiger charge is 2.32. The van der Waals surface area contributed by atoms with Gasteiger partial charge in [-0.25, -0.2) is 4.98 Å². The van der Waals surface area contributed by atoms with Gasteiger partial charge in [-0.05, 0) is 57.7 Å². The highest BCUT2D eigenvalue weighted by atomic mass is 15.2. The van der Waals surface area contributed by atoms with Crippen LogP contribution in [0.1, 0.15) is 43.4 Å². The van der Waals surface area contributed by atoms with Crippen LogP contribution in [0.4, 0.5) is 5.82 Å². The minimum atomic E-state index is 0.534. The van der Waals surface area contributed by atoms with Gasteiger partial charge in [0.25, 0.3) is 0 Å². The number of pyridine rings is 1. The first-order valence-electron chi connectivity index (χ1n) is 7.67. The minimum absolute atomic E-state index is 0.534. The molecule has 20 heavy (non-hydrogen) atoms. The van der Waals surface area contributed by atoms with Gasteiger partial charge in [0.05, 0.1) is 11.6 Å². The van der Waals surface area contributed by atoms with Crippen LogP contribution >= 0.6 is 0 Å². The molecule has 2 aliphatic heterocycles. The van der Waals surface area contributed by atoms with Crippen LogP contribution in [0.2, 0.25) is 0 Å². The number of nitrogens with zero attached hydrogens (tertiary/aromatic N) is 3. The summed E-state index contributed by atoms with van der Waals surface area (Å²) in [5.41, 5.74) is 1.65. The number of hydrogen-bond donors (Lipinski definition) is 1. The number of anilines is 1. The lowest BCUT2D eigenvalue weighted by atomic mass is 9.94. The molecule has 4 heteroatoms. The highest BCUT2D eigenvalue weighted by Crippen LogP contribution is 2.28. The predicted octanol–water partition coefficient (Wildman–Crippen LogP) is 2.37. The molecule has 0 bridgehead atoms. The van der Waals surface area contributed by atoms with Crippen LogP contribution in [0.25, 0.3) is 0 Å². The molecule has 2 aliphatic rings. The molecule has 106 valence electrons. The van der Waals surface area contributed by atoms with Crippen molar-refractivity contribution >= 4 is 5.82 Å². The van der Waals surface area contributed by atoms with Crippen LogP contribution in [-0.4, -0.2) is 30.2 Å². The normalized spacial score (nSPS) is 26.5. The van der Waals surface area contributed by atoms with Crippen molar-refractivity contribution in [2.45, 2.75) is 51.1 Å². The van der Waals surface area contributed by atoms with Crippen molar-refractivity contribution in [3.63, 3.8) is 0 Å². The van der Waals surface area contributed by atoms with E-state index < -0.39 is 0 Å². The third-order valence-electron chi connectivity index (χ3n) is 4.48. The molecule has 0 amide bonds. The van der Waals surface area contributed by atoms with Gasteiger partial charge in [0, 0.05) is 24.3 Å². The molecule has 0 radical (unpaired) electrons. The smallest absolute Gasteiger partial charge is 0.130 e. The lowest BCUT2D eigenvalue weighted by Gasteiger charge is -2.40. The maximum Gasteiger partial charge on any atom is 0.130 e. The van der Waals surface area contributed by atoms with Crippen molar-refractivity contribution in [2.24, 2.45) is 0 Å². The molecule has 0 saturated carbocycles. The Balaban J connectivity index is 1.89. The molecule has 1 aromatic heterocycles. The van der Waals surface area contributed by atoms with E-state index >= 15 is 0 Å². The fourth-order valence-corrected chi connectivity index (χ4v) is 3.56. The molecule has 4 nitrogen and oxygen atoms in total. The van der Waals surface area contributed by atoms with E-state index in [0.717, 1.165) is 30.2 Å². The summed E-state index contributed by atoms with van der Waals surface area (Å²) in [5, 5.41) is 12.8. The van der Waals surface area contributed by atoms with Crippen LogP contribution in [0.15, 0.2) is 12.1 Å². The van der Waals surface area contributed by atoms with E-state index in [-0.39, 0.29) is 0 Å². The lowest BCUT2D eigenvalue weighted by Crippen LogP contribution is -2.50. The molecule has 2 atom stereocenters. The number of aryl methyl sites for hydroxylation is 1. The van der Waals surface area contributed by atoms with Crippen LogP contribution in [0.3, 0.4) is 0 Å². The summed E-state index contributed by atoms with van der Waals surface area (Å²) in [4.78, 5) is 7.11. The van der Waals surface area contributed by atoms with Gasteiger partial charge in [-0.2, -0.15) is 5.26 Å². The van der Waals surface area contributed by atoms with E-state index in [1.807, 2.05) is 19.1 Å². The van der Waals surface area contributed by atoms with Crippen molar-refractivity contribution in [3.8, 4) is 6.07 Å². The summed E-state index contributed by atoms with van der Waals surface area (Å²) < 4.78 is 0. The Morgan fingerprint density at radius 2 is 2.20 bits per heavy atom. The Morgan fingerprint density at radius 1 is 1.30 bits per heavy atom. The number of nitriles is 1. The summed E-state index contributed by atoms with van der Waals surface area (Å²) in [7, 11) is 0. The molecule has 2 saturated heterocycles. The maximum absolute atomic E-state index is 9.15. The molecular formula is C16H22N4. The Bertz CT molecular complexity index is 514. The Morgan fingerprint density at radius 3 is 2.95 bits per heavy atom. The van der Waals surface area contributed by atoms with Crippen molar-refractivity contribution in [1.82, 2.24) is 10.3 Å². The zero-order chi connectivity index (χ0) is 13.9. The van der Waals surface area contributed by atoms with E-state index in [0.29, 0.717) is 12.1 Å². The monoisotopic (exact) mass is 270 g/mol. The summed E-state index contributed by atoms with van der Waals surface area (Å²) in [6.45, 7) is 4.17. The largest absolute Gasteiger partial charge is 0.352 e. The summed E-state index contributed by atoms with van der Waals surface area (Å²) >= 11 is 0. The number of aromatic nitrogens is 1. The number of nitrogens with one attached hydrogen (secondary N) is 1. The highest BCUT2D eigenvalue weighted by molar-refractivity contribution is 5.48. The predicted molar refractivity (Wildman–Crippen MR) is 79.7 cm³/mol. The standard InChI is InChI=1S/C16H22N4/c1-12-9-13(11-17)10-16(19-12)20-8-3-2-6-15(20)14-5-4-7-18-14/h9-10,14-15,18H,2-8H2,1H3. The average Bonchev–Trinajstić information content (AvgIpc) is 3.00. The fraction of sp³-hybridized carbons (Fsp3) is 0.625. The molecule has 3 rings (SSSR count). The molecule has 1 aromatic rings. The molecule has 0 spiro atoms. The van der Waals surface area contributed by atoms with Crippen LogP contribution in [0.5, 0.6) is 0 Å². The van der Waals surface area contributed by atoms with E-state index in [1.54, 1.807) is 0 Å². The number of hydrogen-bond acceptors (Lipinski definition) is 4. The zero-order valence-corrected chi connectivity index (χ0v) is 12.1. The van der Waals surface area contributed by atoms with Crippen molar-refractivity contribution in [1.29, 1.82) is 5.26 Å². The summed E-state index contributed by atoms with van der Waals surface area (Å²) in [6, 6.07) is 7.17. The first-order chi connectivity index (χ1) is 9.78. The number of piperidine rings is 1. The topological polar surface area (TPSA) is 52.0 Å². The zero-order valence-electron chi connectivity index (χ0n) is 12.1. The molecule has 2 unspecified atom stereocenters. The molecular weight excluding hydrogens is 248 g/mol. The lowest BCUT2D eigenvalue weighted by molar-refractivity contribution is 0.376. The van der Waals surface area contributed by atoms with Gasteiger partial charge in [0.1, 0.15) is 5.82 Å². The second kappa shape index (κ2) is 5.80. The van der Waals surface area contributed by atoms with E-state index in [2.05, 4.69) is 21.3 Å². The van der Waals surface area contributed by atoms with Crippen molar-refractivity contribution in [2.75, 3.05) is 18.0 Å². The van der Waals surface area contributed by atoms with Gasteiger partial charge in [0.2, 0.25) is 0 Å². The van der Waals surface area contributed by atoms with E-state index in [1.165, 1.54) is 32.1 Å². The molecule has 0 aliphatic carbocycles. The van der Waals surface area contributed by atoms with Crippen LogP contribution in [-0.2, 0) is 0 Å². The Labute approximate surface area is 120 Å². The molecule has 0 aromatic carbocycles. The molecule has 2 fully saturated rings. The Kier molecular flexibility index (Phi) is 3.88. The summed E-state index contributed by atoms with van der Waals surface area (Å²) in [5.74, 6) is 0.986. The van der Waals surface area contributed by atoms with E-state index in [9.17, 15) is 0 Å². The van der Waals surface area contributed by atoms with Gasteiger partial charge in [0.15, 0.2) is 0 Å². The maximum atomic E-state index is 9.15. The van der Waals surface area contributed by atoms with Crippen molar-refractivity contribution in [3.05, 3.63) is 23.4 Å². The van der Waals surface area contributed by atoms with Crippen LogP contribution < -0.4 is 10.2 Å². The quantitative estimate of drug-likeness (QED) is 0.896. The van der Waals surface area contributed by atoms with Gasteiger partial charge < -0.3 is 10.2 Å². The second-order valence-electron chi connectivity index (χ2n) is 5.93. The number of rotatable bonds is 2. The van der Waals surface area contributed by atoms with E-state index in [4.69, 9.17) is 5.26 Å². The second-order valence-corrected chi connectivity index (χ2v) is 5.93. The molecule has 3 heterocycles. The first kappa shape index (κ1) is 13.4. The van der Waals surface area contributed by atoms with Gasteiger partial charge in [-0.1, -0.05) is 0 Å².